The molecule has 0 aliphatic carbocycles. The molecule has 0 radical (unpaired) electrons. The lowest BCUT2D eigenvalue weighted by atomic mass is 10.2. The number of thiophene rings is 1. The molecule has 1 amide bonds. The fourth-order valence-electron chi connectivity index (χ4n) is 2.11. The number of rotatable bonds is 5. The molecule has 2 N–H and O–H groups in total. The second kappa shape index (κ2) is 7.04. The molecule has 1 aromatic carbocycles. The summed E-state index contributed by atoms with van der Waals surface area (Å²) in [6.07, 6.45) is 6.00. The van der Waals surface area contributed by atoms with E-state index in [1.807, 2.05) is 59.4 Å². The van der Waals surface area contributed by atoms with Crippen molar-refractivity contribution in [1.82, 2.24) is 15.3 Å². The van der Waals surface area contributed by atoms with Gasteiger partial charge in [-0.1, -0.05) is 42.5 Å². The van der Waals surface area contributed by atoms with Crippen LogP contribution in [0.3, 0.4) is 0 Å². The predicted molar refractivity (Wildman–Crippen MR) is 90.3 cm³/mol. The van der Waals surface area contributed by atoms with Gasteiger partial charge < -0.3 is 0 Å². The Hall–Kier alpha value is -2.70. The summed E-state index contributed by atoms with van der Waals surface area (Å²) in [6.45, 7) is 0.671. The average Bonchev–Trinajstić information content (AvgIpc) is 3.24. The molecule has 0 aliphatic heterocycles. The number of amides is 1. The molecule has 2 heterocycles. The van der Waals surface area contributed by atoms with E-state index in [2.05, 4.69) is 11.2 Å². The molecule has 0 unspecified atom stereocenters. The van der Waals surface area contributed by atoms with Crippen molar-refractivity contribution in [3.63, 3.8) is 0 Å². The lowest BCUT2D eigenvalue weighted by molar-refractivity contribution is 0.0711. The van der Waals surface area contributed by atoms with Gasteiger partial charge in [0, 0.05) is 6.20 Å². The van der Waals surface area contributed by atoms with Crippen LogP contribution in [-0.2, 0) is 6.54 Å². The summed E-state index contributed by atoms with van der Waals surface area (Å²) in [6, 6.07) is 15.5. The zero-order valence-electron chi connectivity index (χ0n) is 12.2. The Bertz CT molecular complexity index is 821. The monoisotopic (exact) mass is 325 g/mol. The topological polar surface area (TPSA) is 67.2 Å². The van der Waals surface area contributed by atoms with E-state index in [0.717, 1.165) is 16.1 Å². The van der Waals surface area contributed by atoms with E-state index in [4.69, 9.17) is 5.21 Å². The molecule has 0 saturated carbocycles. The Morgan fingerprint density at radius 3 is 2.83 bits per heavy atom. The van der Waals surface area contributed by atoms with E-state index in [0.29, 0.717) is 11.4 Å². The summed E-state index contributed by atoms with van der Waals surface area (Å²) in [5, 5.41) is 13.1. The average molecular weight is 325 g/mol. The Kier molecular flexibility index (Phi) is 4.65. The van der Waals surface area contributed by atoms with Gasteiger partial charge in [-0.2, -0.15) is 5.10 Å². The summed E-state index contributed by atoms with van der Waals surface area (Å²) < 4.78 is 1.83. The summed E-state index contributed by atoms with van der Waals surface area (Å²) >= 11 is 1.29. The minimum atomic E-state index is -0.508. The highest BCUT2D eigenvalue weighted by Gasteiger charge is 2.10. The predicted octanol–water partition coefficient (Wildman–Crippen LogP) is 3.44. The maximum atomic E-state index is 11.4. The van der Waals surface area contributed by atoms with Crippen molar-refractivity contribution in [1.29, 1.82) is 0 Å². The lowest BCUT2D eigenvalue weighted by Gasteiger charge is -1.96. The van der Waals surface area contributed by atoms with Gasteiger partial charge >= 0.3 is 0 Å². The van der Waals surface area contributed by atoms with Crippen LogP contribution in [0.2, 0.25) is 0 Å². The molecule has 6 heteroatoms. The first-order chi connectivity index (χ1) is 11.3. The zero-order valence-corrected chi connectivity index (χ0v) is 13.0. The summed E-state index contributed by atoms with van der Waals surface area (Å²) in [7, 11) is 0. The molecule has 0 saturated heterocycles. The molecule has 5 nitrogen and oxygen atoms in total. The second-order valence-electron chi connectivity index (χ2n) is 4.84. The normalized spacial score (nSPS) is 11.0. The fraction of sp³-hybridized carbons (Fsp3) is 0.0588. The van der Waals surface area contributed by atoms with Crippen LogP contribution in [-0.4, -0.2) is 20.9 Å². The molecular formula is C17H15N3O2S. The van der Waals surface area contributed by atoms with Crippen molar-refractivity contribution in [3.05, 3.63) is 71.2 Å². The van der Waals surface area contributed by atoms with E-state index >= 15 is 0 Å². The molecule has 0 spiro atoms. The molecule has 0 aliphatic rings. The van der Waals surface area contributed by atoms with Crippen LogP contribution in [0.15, 0.2) is 60.8 Å². The smallest absolute Gasteiger partial charge is 0.284 e. The number of nitrogens with one attached hydrogen (secondary N) is 1. The molecule has 23 heavy (non-hydrogen) atoms. The first-order valence-corrected chi connectivity index (χ1v) is 7.87. The van der Waals surface area contributed by atoms with Crippen molar-refractivity contribution in [2.45, 2.75) is 6.54 Å². The quantitative estimate of drug-likeness (QED) is 0.558. The number of carbonyl (C=O) groups excluding carboxylic acids is 1. The molecule has 116 valence electrons. The Morgan fingerprint density at radius 1 is 1.22 bits per heavy atom. The number of nitrogens with zero attached hydrogens (tertiary/aromatic N) is 2. The van der Waals surface area contributed by atoms with Gasteiger partial charge in [-0.25, -0.2) is 5.48 Å². The SMILES string of the molecule is O=C(NO)c1ccc(-c2ccn(CC=Cc3ccccc3)n2)s1. The van der Waals surface area contributed by atoms with Crippen LogP contribution in [0.5, 0.6) is 0 Å². The van der Waals surface area contributed by atoms with E-state index in [-0.39, 0.29) is 0 Å². The van der Waals surface area contributed by atoms with E-state index in [9.17, 15) is 4.79 Å². The van der Waals surface area contributed by atoms with E-state index in [1.165, 1.54) is 11.3 Å². The minimum Gasteiger partial charge on any atom is -0.288 e. The van der Waals surface area contributed by atoms with Crippen LogP contribution in [0.25, 0.3) is 16.6 Å². The third kappa shape index (κ3) is 3.74. The molecule has 0 fully saturated rings. The fourth-order valence-corrected chi connectivity index (χ4v) is 2.97. The standard InChI is InChI=1S/C17H15N3O2S/c21-17(19-22)16-9-8-15(23-16)14-10-12-20(18-14)11-4-7-13-5-2-1-3-6-13/h1-10,12,22H,11H2,(H,19,21). The Balaban J connectivity index is 1.67. The van der Waals surface area contributed by atoms with Crippen LogP contribution in [0, 0.1) is 0 Å². The van der Waals surface area contributed by atoms with Crippen molar-refractivity contribution >= 4 is 23.3 Å². The van der Waals surface area contributed by atoms with Gasteiger partial charge in [-0.3, -0.25) is 14.7 Å². The highest BCUT2D eigenvalue weighted by molar-refractivity contribution is 7.17. The van der Waals surface area contributed by atoms with Crippen molar-refractivity contribution in [2.24, 2.45) is 0 Å². The number of benzene rings is 1. The van der Waals surface area contributed by atoms with Crippen molar-refractivity contribution in [3.8, 4) is 10.6 Å². The lowest BCUT2D eigenvalue weighted by Crippen LogP contribution is -2.16. The first kappa shape index (κ1) is 15.2. The van der Waals surface area contributed by atoms with Gasteiger partial charge in [0.25, 0.3) is 5.91 Å². The Labute approximate surface area is 137 Å². The largest absolute Gasteiger partial charge is 0.288 e. The third-order valence-corrected chi connectivity index (χ3v) is 4.33. The molecular weight excluding hydrogens is 310 g/mol. The summed E-state index contributed by atoms with van der Waals surface area (Å²) in [5.41, 5.74) is 3.59. The van der Waals surface area contributed by atoms with E-state index < -0.39 is 5.91 Å². The summed E-state index contributed by atoms with van der Waals surface area (Å²) in [4.78, 5) is 12.7. The number of hydrogen-bond acceptors (Lipinski definition) is 4. The highest BCUT2D eigenvalue weighted by atomic mass is 32.1. The van der Waals surface area contributed by atoms with Gasteiger partial charge in [0.2, 0.25) is 0 Å². The highest BCUT2D eigenvalue weighted by Crippen LogP contribution is 2.26. The number of aromatic nitrogens is 2. The van der Waals surface area contributed by atoms with Crippen LogP contribution < -0.4 is 5.48 Å². The van der Waals surface area contributed by atoms with Gasteiger partial charge in [-0.05, 0) is 23.8 Å². The van der Waals surface area contributed by atoms with Gasteiger partial charge in [0.15, 0.2) is 0 Å². The van der Waals surface area contributed by atoms with Gasteiger partial charge in [-0.15, -0.1) is 11.3 Å². The molecule has 3 rings (SSSR count). The third-order valence-electron chi connectivity index (χ3n) is 3.23. The van der Waals surface area contributed by atoms with Crippen LogP contribution in [0.1, 0.15) is 15.2 Å². The maximum absolute atomic E-state index is 11.4. The number of carbonyl (C=O) groups is 1. The summed E-state index contributed by atoms with van der Waals surface area (Å²) in [5.74, 6) is -0.508. The van der Waals surface area contributed by atoms with Gasteiger partial charge in [0.1, 0.15) is 5.69 Å². The number of hydrogen-bond donors (Lipinski definition) is 2. The molecule has 0 bridgehead atoms. The second-order valence-corrected chi connectivity index (χ2v) is 5.92. The van der Waals surface area contributed by atoms with Crippen LogP contribution in [0.4, 0.5) is 0 Å². The first-order valence-electron chi connectivity index (χ1n) is 7.06. The number of allylic oxidation sites excluding steroid dienone is 1. The van der Waals surface area contributed by atoms with Crippen LogP contribution >= 0.6 is 11.3 Å². The molecule has 3 aromatic rings. The van der Waals surface area contributed by atoms with Crippen molar-refractivity contribution < 1.29 is 10.0 Å². The minimum absolute atomic E-state index is 0.445. The number of hydroxylamine groups is 1. The maximum Gasteiger partial charge on any atom is 0.284 e. The van der Waals surface area contributed by atoms with Crippen molar-refractivity contribution in [2.75, 3.05) is 0 Å². The van der Waals surface area contributed by atoms with E-state index in [1.54, 1.807) is 11.5 Å². The molecule has 2 aromatic heterocycles. The zero-order chi connectivity index (χ0) is 16.1. The Morgan fingerprint density at radius 2 is 2.04 bits per heavy atom. The molecule has 0 atom stereocenters. The van der Waals surface area contributed by atoms with Gasteiger partial charge in [0.05, 0.1) is 16.3 Å².